The first-order valence-corrected chi connectivity index (χ1v) is 7.69. The van der Waals surface area contributed by atoms with Gasteiger partial charge in [-0.3, -0.25) is 0 Å². The predicted octanol–water partition coefficient (Wildman–Crippen LogP) is 2.84. The lowest BCUT2D eigenvalue weighted by molar-refractivity contribution is 0.173. The molecule has 2 saturated heterocycles. The van der Waals surface area contributed by atoms with Crippen LogP contribution in [0.4, 0.5) is 5.69 Å². The lowest BCUT2D eigenvalue weighted by atomic mass is 9.74. The van der Waals surface area contributed by atoms with Crippen LogP contribution in [-0.2, 0) is 0 Å². The number of hydrogen-bond donors (Lipinski definition) is 1. The van der Waals surface area contributed by atoms with Gasteiger partial charge in [-0.15, -0.1) is 0 Å². The first-order chi connectivity index (χ1) is 9.72. The van der Waals surface area contributed by atoms with Gasteiger partial charge in [-0.25, -0.2) is 0 Å². The van der Waals surface area contributed by atoms with Crippen molar-refractivity contribution in [2.24, 2.45) is 5.41 Å². The minimum atomic E-state index is 0.425. The van der Waals surface area contributed by atoms with Gasteiger partial charge in [-0.05, 0) is 56.8 Å². The molecule has 0 bridgehead atoms. The largest absolute Gasteiger partial charge is 0.370 e. The molecule has 1 unspecified atom stereocenters. The lowest BCUT2D eigenvalue weighted by Gasteiger charge is -2.46. The third-order valence-corrected chi connectivity index (χ3v) is 4.84. The smallest absolute Gasteiger partial charge is 0.101 e. The number of nitrogens with zero attached hydrogens (tertiary/aromatic N) is 2. The van der Waals surface area contributed by atoms with Crippen LogP contribution in [-0.4, -0.2) is 26.2 Å². The van der Waals surface area contributed by atoms with Crippen LogP contribution in [0.15, 0.2) is 18.2 Å². The van der Waals surface area contributed by atoms with Crippen LogP contribution >= 0.6 is 0 Å². The summed E-state index contributed by atoms with van der Waals surface area (Å²) in [6.45, 7) is 6.53. The van der Waals surface area contributed by atoms with Crippen LogP contribution in [0.3, 0.4) is 0 Å². The summed E-state index contributed by atoms with van der Waals surface area (Å²) in [6.07, 6.45) is 5.17. The van der Waals surface area contributed by atoms with Crippen molar-refractivity contribution in [1.29, 1.82) is 5.26 Å². The van der Waals surface area contributed by atoms with Crippen LogP contribution in [0.2, 0.25) is 0 Å². The number of hydrogen-bond acceptors (Lipinski definition) is 3. The zero-order valence-electron chi connectivity index (χ0n) is 12.3. The second-order valence-corrected chi connectivity index (χ2v) is 6.44. The molecular formula is C17H23N3. The Kier molecular flexibility index (Phi) is 3.67. The zero-order chi connectivity index (χ0) is 14.0. The van der Waals surface area contributed by atoms with Gasteiger partial charge in [0, 0.05) is 25.0 Å². The van der Waals surface area contributed by atoms with Crippen molar-refractivity contribution in [3.8, 4) is 6.07 Å². The molecule has 0 amide bonds. The van der Waals surface area contributed by atoms with Crippen molar-refractivity contribution in [2.75, 3.05) is 31.1 Å². The molecule has 0 saturated carbocycles. The summed E-state index contributed by atoms with van der Waals surface area (Å²) >= 11 is 0. The van der Waals surface area contributed by atoms with E-state index in [4.69, 9.17) is 0 Å². The van der Waals surface area contributed by atoms with Gasteiger partial charge in [-0.1, -0.05) is 6.07 Å². The Balaban J connectivity index is 1.85. The molecule has 0 radical (unpaired) electrons. The van der Waals surface area contributed by atoms with Gasteiger partial charge in [0.1, 0.15) is 6.07 Å². The molecule has 106 valence electrons. The van der Waals surface area contributed by atoms with Crippen molar-refractivity contribution >= 4 is 5.69 Å². The maximum Gasteiger partial charge on any atom is 0.101 e. The number of piperidine rings is 2. The molecule has 1 atom stereocenters. The molecule has 3 heteroatoms. The van der Waals surface area contributed by atoms with E-state index in [9.17, 15) is 5.26 Å². The molecule has 1 aromatic rings. The topological polar surface area (TPSA) is 39.1 Å². The molecule has 2 aliphatic rings. The van der Waals surface area contributed by atoms with Gasteiger partial charge in [0.2, 0.25) is 0 Å². The maximum atomic E-state index is 9.39. The van der Waals surface area contributed by atoms with Crippen molar-refractivity contribution < 1.29 is 0 Å². The quantitative estimate of drug-likeness (QED) is 0.852. The number of anilines is 1. The highest BCUT2D eigenvalue weighted by molar-refractivity contribution is 5.60. The van der Waals surface area contributed by atoms with Gasteiger partial charge in [0.25, 0.3) is 0 Å². The molecule has 3 nitrogen and oxygen atoms in total. The summed E-state index contributed by atoms with van der Waals surface area (Å²) in [6, 6.07) is 8.63. The molecule has 2 heterocycles. The van der Waals surface area contributed by atoms with Gasteiger partial charge < -0.3 is 10.2 Å². The minimum absolute atomic E-state index is 0.425. The lowest BCUT2D eigenvalue weighted by Crippen LogP contribution is -2.51. The third kappa shape index (κ3) is 2.53. The van der Waals surface area contributed by atoms with Crippen LogP contribution in [0.5, 0.6) is 0 Å². The van der Waals surface area contributed by atoms with Crippen LogP contribution in [0.1, 0.15) is 36.8 Å². The molecule has 2 aliphatic heterocycles. The molecular weight excluding hydrogens is 246 g/mol. The number of nitriles is 1. The normalized spacial score (nSPS) is 26.5. The molecule has 1 N–H and O–H groups in total. The maximum absolute atomic E-state index is 9.39. The van der Waals surface area contributed by atoms with Crippen LogP contribution in [0.25, 0.3) is 0 Å². The fraction of sp³-hybridized carbons (Fsp3) is 0.588. The Morgan fingerprint density at radius 3 is 2.90 bits per heavy atom. The highest BCUT2D eigenvalue weighted by atomic mass is 15.2. The van der Waals surface area contributed by atoms with E-state index in [0.717, 1.165) is 43.0 Å². The van der Waals surface area contributed by atoms with E-state index in [1.54, 1.807) is 0 Å². The fourth-order valence-corrected chi connectivity index (χ4v) is 3.81. The summed E-state index contributed by atoms with van der Waals surface area (Å²) in [5, 5.41) is 12.9. The summed E-state index contributed by atoms with van der Waals surface area (Å²) in [5.74, 6) is 0. The number of rotatable bonds is 1. The second-order valence-electron chi connectivity index (χ2n) is 6.44. The van der Waals surface area contributed by atoms with E-state index in [2.05, 4.69) is 28.4 Å². The first-order valence-electron chi connectivity index (χ1n) is 7.69. The predicted molar refractivity (Wildman–Crippen MR) is 81.9 cm³/mol. The zero-order valence-corrected chi connectivity index (χ0v) is 12.3. The molecule has 20 heavy (non-hydrogen) atoms. The van der Waals surface area contributed by atoms with E-state index in [0.29, 0.717) is 5.41 Å². The van der Waals surface area contributed by atoms with E-state index in [1.165, 1.54) is 25.7 Å². The van der Waals surface area contributed by atoms with Gasteiger partial charge in [-0.2, -0.15) is 5.26 Å². The average Bonchev–Trinajstić information content (AvgIpc) is 2.48. The van der Waals surface area contributed by atoms with E-state index in [-0.39, 0.29) is 0 Å². The van der Waals surface area contributed by atoms with Gasteiger partial charge in [0.05, 0.1) is 11.3 Å². The summed E-state index contributed by atoms with van der Waals surface area (Å²) < 4.78 is 0. The summed E-state index contributed by atoms with van der Waals surface area (Å²) in [7, 11) is 0. The average molecular weight is 269 g/mol. The van der Waals surface area contributed by atoms with Crippen molar-refractivity contribution in [1.82, 2.24) is 5.32 Å². The molecule has 1 spiro atoms. The van der Waals surface area contributed by atoms with Crippen LogP contribution in [0, 0.1) is 23.7 Å². The van der Waals surface area contributed by atoms with Crippen molar-refractivity contribution in [3.63, 3.8) is 0 Å². The molecule has 2 fully saturated rings. The first kappa shape index (κ1) is 13.5. The Hall–Kier alpha value is -1.53. The molecule has 0 aliphatic carbocycles. The van der Waals surface area contributed by atoms with E-state index in [1.807, 2.05) is 13.0 Å². The van der Waals surface area contributed by atoms with Crippen molar-refractivity contribution in [3.05, 3.63) is 29.3 Å². The van der Waals surface area contributed by atoms with Crippen LogP contribution < -0.4 is 10.2 Å². The Morgan fingerprint density at radius 2 is 2.15 bits per heavy atom. The Bertz CT molecular complexity index is 518. The van der Waals surface area contributed by atoms with E-state index >= 15 is 0 Å². The monoisotopic (exact) mass is 269 g/mol. The molecule has 1 aromatic carbocycles. The Labute approximate surface area is 121 Å². The van der Waals surface area contributed by atoms with Gasteiger partial charge >= 0.3 is 0 Å². The highest BCUT2D eigenvalue weighted by Crippen LogP contribution is 2.38. The minimum Gasteiger partial charge on any atom is -0.370 e. The third-order valence-electron chi connectivity index (χ3n) is 4.84. The number of nitrogens with one attached hydrogen (secondary N) is 1. The molecule has 3 rings (SSSR count). The highest BCUT2D eigenvalue weighted by Gasteiger charge is 2.36. The number of aryl methyl sites for hydroxylation is 1. The van der Waals surface area contributed by atoms with Crippen molar-refractivity contribution in [2.45, 2.75) is 32.6 Å². The second kappa shape index (κ2) is 5.46. The Morgan fingerprint density at radius 1 is 1.30 bits per heavy atom. The summed E-state index contributed by atoms with van der Waals surface area (Å²) in [5.41, 5.74) is 3.54. The van der Waals surface area contributed by atoms with E-state index < -0.39 is 0 Å². The SMILES string of the molecule is Cc1ccc(N2CCCC3(CCCNC3)C2)c(C#N)c1. The fourth-order valence-electron chi connectivity index (χ4n) is 3.81. The number of benzene rings is 1. The van der Waals surface area contributed by atoms with Gasteiger partial charge in [0.15, 0.2) is 0 Å². The standard InChI is InChI=1S/C17H23N3/c1-14-4-5-16(15(10-14)11-18)20-9-3-7-17(13-20)6-2-8-19-12-17/h4-5,10,19H,2-3,6-9,12-13H2,1H3. The molecule has 0 aromatic heterocycles. The summed E-state index contributed by atoms with van der Waals surface area (Å²) in [4.78, 5) is 2.44.